The van der Waals surface area contributed by atoms with Crippen molar-refractivity contribution in [2.24, 2.45) is 5.92 Å². The Balaban J connectivity index is 1.98. The van der Waals surface area contributed by atoms with E-state index in [2.05, 4.69) is 4.98 Å². The summed E-state index contributed by atoms with van der Waals surface area (Å²) in [7, 11) is -2.19. The van der Waals surface area contributed by atoms with E-state index in [-0.39, 0.29) is 40.8 Å². The average Bonchev–Trinajstić information content (AvgIpc) is 3.20. The molecule has 0 fully saturated rings. The Morgan fingerprint density at radius 3 is 2.53 bits per heavy atom. The fourth-order valence-electron chi connectivity index (χ4n) is 3.85. The Bertz CT molecular complexity index is 1320. The highest BCUT2D eigenvalue weighted by molar-refractivity contribution is 7.90. The molecule has 0 aliphatic carbocycles. The van der Waals surface area contributed by atoms with E-state index in [0.29, 0.717) is 29.4 Å². The molecule has 7 nitrogen and oxygen atoms in total. The van der Waals surface area contributed by atoms with Crippen molar-refractivity contribution in [3.63, 3.8) is 0 Å². The molecule has 0 N–H and O–H groups in total. The van der Waals surface area contributed by atoms with Crippen LogP contribution in [0.2, 0.25) is 10.0 Å². The third-order valence-electron chi connectivity index (χ3n) is 5.70. The first-order valence-electron chi connectivity index (χ1n) is 11.6. The molecule has 0 saturated heterocycles. The summed E-state index contributed by atoms with van der Waals surface area (Å²) in [5.74, 6) is -0.310. The normalized spacial score (nSPS) is 11.8. The lowest BCUT2D eigenvalue weighted by Gasteiger charge is -2.24. The summed E-state index contributed by atoms with van der Waals surface area (Å²) < 4.78 is 33.8. The molecular formula is C26H31Cl2N3O4S. The third-order valence-corrected chi connectivity index (χ3v) is 7.82. The number of sulfone groups is 1. The summed E-state index contributed by atoms with van der Waals surface area (Å²) in [4.78, 5) is 19.3. The maximum absolute atomic E-state index is 13.4. The van der Waals surface area contributed by atoms with E-state index in [4.69, 9.17) is 27.9 Å². The number of methoxy groups -OCH3 is 1. The quantitative estimate of drug-likeness (QED) is 0.318. The predicted molar refractivity (Wildman–Crippen MR) is 142 cm³/mol. The van der Waals surface area contributed by atoms with Crippen molar-refractivity contribution >= 4 is 38.9 Å². The van der Waals surface area contributed by atoms with Gasteiger partial charge in [-0.1, -0.05) is 61.3 Å². The largest absolute Gasteiger partial charge is 0.383 e. The van der Waals surface area contributed by atoms with E-state index >= 15 is 0 Å². The van der Waals surface area contributed by atoms with Gasteiger partial charge in [0.1, 0.15) is 0 Å². The third kappa shape index (κ3) is 6.88. The minimum Gasteiger partial charge on any atom is -0.383 e. The Hall–Kier alpha value is -2.39. The number of benzene rings is 2. The van der Waals surface area contributed by atoms with Gasteiger partial charge in [0.15, 0.2) is 0 Å². The zero-order chi connectivity index (χ0) is 26.5. The highest BCUT2D eigenvalue weighted by atomic mass is 35.5. The Labute approximate surface area is 222 Å². The lowest BCUT2D eigenvalue weighted by Crippen LogP contribution is -2.34. The molecule has 0 saturated carbocycles. The topological polar surface area (TPSA) is 81.5 Å². The molecule has 1 amide bonds. The van der Waals surface area contributed by atoms with Gasteiger partial charge in [-0.25, -0.2) is 13.4 Å². The van der Waals surface area contributed by atoms with Gasteiger partial charge < -0.3 is 14.2 Å². The van der Waals surface area contributed by atoms with Gasteiger partial charge in [0.2, 0.25) is 15.0 Å². The Morgan fingerprint density at radius 1 is 1.17 bits per heavy atom. The summed E-state index contributed by atoms with van der Waals surface area (Å²) in [6, 6.07) is 12.1. The molecule has 0 aliphatic rings. The van der Waals surface area contributed by atoms with Crippen LogP contribution >= 0.6 is 23.2 Å². The van der Waals surface area contributed by atoms with Crippen LogP contribution < -0.4 is 0 Å². The lowest BCUT2D eigenvalue weighted by molar-refractivity contribution is 0.0675. The molecular weight excluding hydrogens is 521 g/mol. The number of ether oxygens (including phenoxy) is 1. The smallest absolute Gasteiger partial charge is 0.255 e. The van der Waals surface area contributed by atoms with Crippen molar-refractivity contribution in [1.82, 2.24) is 14.5 Å². The zero-order valence-electron chi connectivity index (χ0n) is 20.9. The average molecular weight is 553 g/mol. The molecule has 3 rings (SSSR count). The molecule has 2 aromatic carbocycles. The van der Waals surface area contributed by atoms with Crippen LogP contribution in [0.25, 0.3) is 0 Å². The van der Waals surface area contributed by atoms with Gasteiger partial charge in [0.05, 0.1) is 41.4 Å². The number of imidazole rings is 1. The van der Waals surface area contributed by atoms with Crippen LogP contribution in [0.3, 0.4) is 0 Å². The summed E-state index contributed by atoms with van der Waals surface area (Å²) in [5, 5.41) is 0.670. The molecule has 0 bridgehead atoms. The molecule has 0 aliphatic heterocycles. The van der Waals surface area contributed by atoms with Crippen molar-refractivity contribution in [2.45, 2.75) is 44.8 Å². The van der Waals surface area contributed by atoms with Gasteiger partial charge in [-0.15, -0.1) is 0 Å². The summed E-state index contributed by atoms with van der Waals surface area (Å²) in [5.41, 5.74) is 2.55. The van der Waals surface area contributed by atoms with Crippen molar-refractivity contribution in [1.29, 1.82) is 0 Å². The van der Waals surface area contributed by atoms with E-state index in [1.54, 1.807) is 28.7 Å². The number of carbonyl (C=O) groups is 1. The molecule has 0 radical (unpaired) electrons. The molecule has 194 valence electrons. The fraction of sp³-hybridized carbons (Fsp3) is 0.385. The van der Waals surface area contributed by atoms with Crippen molar-refractivity contribution in [3.05, 3.63) is 81.1 Å². The number of hydrogen-bond acceptors (Lipinski definition) is 5. The molecule has 0 atom stereocenters. The monoisotopic (exact) mass is 551 g/mol. The molecule has 36 heavy (non-hydrogen) atoms. The number of aromatic nitrogens is 2. The van der Waals surface area contributed by atoms with E-state index < -0.39 is 9.84 Å². The highest BCUT2D eigenvalue weighted by Crippen LogP contribution is 2.25. The van der Waals surface area contributed by atoms with Gasteiger partial charge in [0.25, 0.3) is 5.91 Å². The van der Waals surface area contributed by atoms with Crippen LogP contribution in [-0.4, -0.2) is 49.0 Å². The number of nitrogens with zero attached hydrogens (tertiary/aromatic N) is 3. The second kappa shape index (κ2) is 12.2. The first kappa shape index (κ1) is 28.2. The predicted octanol–water partition coefficient (Wildman–Crippen LogP) is 5.42. The van der Waals surface area contributed by atoms with E-state index in [1.165, 1.54) is 12.3 Å². The van der Waals surface area contributed by atoms with Crippen molar-refractivity contribution in [3.8, 4) is 0 Å². The van der Waals surface area contributed by atoms with Gasteiger partial charge in [0, 0.05) is 25.2 Å². The van der Waals surface area contributed by atoms with Gasteiger partial charge in [-0.3, -0.25) is 4.79 Å². The first-order valence-corrected chi connectivity index (χ1v) is 14.0. The highest BCUT2D eigenvalue weighted by Gasteiger charge is 2.27. The number of hydrogen-bond donors (Lipinski definition) is 0. The van der Waals surface area contributed by atoms with Crippen LogP contribution in [0.4, 0.5) is 0 Å². The van der Waals surface area contributed by atoms with Crippen LogP contribution in [0, 0.1) is 12.8 Å². The number of rotatable bonds is 11. The SMILES string of the molecule is COCCN(Cc1cnc(S(=O)(=O)Cc2ccccc2C)n1CC(C)C)C(=O)c1ccc(Cl)cc1Cl. The number of carbonyl (C=O) groups excluding carboxylic acids is 1. The van der Waals surface area contributed by atoms with E-state index in [0.717, 1.165) is 11.1 Å². The second-order valence-corrected chi connectivity index (χ2v) is 11.8. The Morgan fingerprint density at radius 2 is 1.89 bits per heavy atom. The van der Waals surface area contributed by atoms with Crippen molar-refractivity contribution in [2.75, 3.05) is 20.3 Å². The molecule has 0 spiro atoms. The van der Waals surface area contributed by atoms with Gasteiger partial charge >= 0.3 is 0 Å². The Kier molecular flexibility index (Phi) is 9.58. The lowest BCUT2D eigenvalue weighted by atomic mass is 10.1. The van der Waals surface area contributed by atoms with Gasteiger partial charge in [-0.05, 0) is 42.2 Å². The van der Waals surface area contributed by atoms with E-state index in [1.807, 2.05) is 45.0 Å². The van der Waals surface area contributed by atoms with Crippen LogP contribution in [0.1, 0.15) is 41.0 Å². The van der Waals surface area contributed by atoms with E-state index in [9.17, 15) is 13.2 Å². The summed E-state index contributed by atoms with van der Waals surface area (Å²) in [6.45, 7) is 7.05. The van der Waals surface area contributed by atoms with Crippen molar-refractivity contribution < 1.29 is 17.9 Å². The van der Waals surface area contributed by atoms with Crippen LogP contribution in [0.5, 0.6) is 0 Å². The maximum Gasteiger partial charge on any atom is 0.255 e. The van der Waals surface area contributed by atoms with Gasteiger partial charge in [-0.2, -0.15) is 0 Å². The number of halogens is 2. The standard InChI is InChI=1S/C26H31Cl2N3O4S/c1-18(2)15-31-22(14-29-26(31)36(33,34)17-20-8-6-5-7-19(20)3)16-30(11-12-35-4)25(32)23-10-9-21(27)13-24(23)28/h5-10,13-14,18H,11-12,15-17H2,1-4H3. The molecule has 1 aromatic heterocycles. The minimum atomic E-state index is -3.74. The molecule has 3 aromatic rings. The fourth-order valence-corrected chi connectivity index (χ4v) is 5.94. The van der Waals surface area contributed by atoms with Crippen LogP contribution in [0.15, 0.2) is 53.8 Å². The zero-order valence-corrected chi connectivity index (χ0v) is 23.2. The molecule has 1 heterocycles. The minimum absolute atomic E-state index is 0.00174. The molecule has 10 heteroatoms. The van der Waals surface area contributed by atoms with Crippen LogP contribution in [-0.2, 0) is 33.4 Å². The summed E-state index contributed by atoms with van der Waals surface area (Å²) in [6.07, 6.45) is 1.53. The second-order valence-electron chi connectivity index (χ2n) is 9.07. The summed E-state index contributed by atoms with van der Waals surface area (Å²) >= 11 is 12.3. The number of amides is 1. The maximum atomic E-state index is 13.4. The first-order chi connectivity index (χ1) is 17.0. The number of aryl methyl sites for hydroxylation is 1. The molecule has 0 unspecified atom stereocenters.